The minimum Gasteiger partial charge on any atom is -0.312 e. The second kappa shape index (κ2) is 5.58. The first kappa shape index (κ1) is 14.5. The van der Waals surface area contributed by atoms with E-state index in [1.807, 2.05) is 19.1 Å². The molecule has 0 saturated carbocycles. The molecule has 0 aliphatic heterocycles. The second-order valence-corrected chi connectivity index (χ2v) is 6.41. The first-order valence-corrected chi connectivity index (χ1v) is 7.93. The fraction of sp³-hybridized carbons (Fsp3) is 0.286. The number of hydrogen-bond donors (Lipinski definition) is 0. The Morgan fingerprint density at radius 3 is 2.60 bits per heavy atom. The van der Waals surface area contributed by atoms with Gasteiger partial charge in [-0.2, -0.15) is 0 Å². The third-order valence-electron chi connectivity index (χ3n) is 3.12. The molecule has 0 unspecified atom stereocenters. The van der Waals surface area contributed by atoms with Gasteiger partial charge < -0.3 is 4.57 Å². The van der Waals surface area contributed by atoms with Crippen LogP contribution < -0.4 is 5.56 Å². The Bertz CT molecular complexity index is 779. The lowest BCUT2D eigenvalue weighted by Crippen LogP contribution is -2.27. The van der Waals surface area contributed by atoms with Gasteiger partial charge >= 0.3 is 0 Å². The number of aryl methyl sites for hydroxylation is 2. The summed E-state index contributed by atoms with van der Waals surface area (Å²) >= 11 is 0. The summed E-state index contributed by atoms with van der Waals surface area (Å²) in [6.07, 6.45) is 2.82. The number of benzene rings is 1. The predicted molar refractivity (Wildman–Crippen MR) is 76.2 cm³/mol. The second-order valence-electron chi connectivity index (χ2n) is 4.51. The molecule has 0 saturated heterocycles. The molecule has 0 amide bonds. The van der Waals surface area contributed by atoms with Crippen LogP contribution in [0.5, 0.6) is 0 Å². The van der Waals surface area contributed by atoms with Crippen molar-refractivity contribution in [3.8, 4) is 0 Å². The molecule has 0 bridgehead atoms. The van der Waals surface area contributed by atoms with Crippen molar-refractivity contribution in [1.29, 1.82) is 0 Å². The third kappa shape index (κ3) is 2.80. The van der Waals surface area contributed by atoms with Crippen LogP contribution in [0.4, 0.5) is 0 Å². The van der Waals surface area contributed by atoms with E-state index >= 15 is 0 Å². The summed E-state index contributed by atoms with van der Waals surface area (Å²) in [6.45, 7) is 4.03. The lowest BCUT2D eigenvalue weighted by molar-refractivity contribution is 0.583. The van der Waals surface area contributed by atoms with E-state index in [0.29, 0.717) is 12.1 Å². The van der Waals surface area contributed by atoms with Crippen molar-refractivity contribution in [1.82, 2.24) is 9.55 Å². The lowest BCUT2D eigenvalue weighted by Gasteiger charge is -2.08. The minimum absolute atomic E-state index is 0.213. The first-order valence-electron chi connectivity index (χ1n) is 6.28. The van der Waals surface area contributed by atoms with Crippen LogP contribution in [-0.2, 0) is 22.1 Å². The molecule has 1 aromatic heterocycles. The van der Waals surface area contributed by atoms with Gasteiger partial charge in [0.05, 0.1) is 5.75 Å². The molecule has 106 valence electrons. The van der Waals surface area contributed by atoms with E-state index in [-0.39, 0.29) is 10.8 Å². The molecule has 0 spiro atoms. The summed E-state index contributed by atoms with van der Waals surface area (Å²) in [6, 6.07) is 7.21. The number of nitrogens with zero attached hydrogens (tertiary/aromatic N) is 2. The highest BCUT2D eigenvalue weighted by Gasteiger charge is 2.22. The molecule has 20 heavy (non-hydrogen) atoms. The Morgan fingerprint density at radius 2 is 1.95 bits per heavy atom. The molecule has 1 aromatic carbocycles. The molecule has 6 heteroatoms. The zero-order valence-electron chi connectivity index (χ0n) is 11.4. The van der Waals surface area contributed by atoms with Crippen molar-refractivity contribution in [2.75, 3.05) is 0 Å². The zero-order valence-corrected chi connectivity index (χ0v) is 12.2. The minimum atomic E-state index is -3.74. The summed E-state index contributed by atoms with van der Waals surface area (Å²) in [7, 11) is -3.74. The molecule has 0 fully saturated rings. The van der Waals surface area contributed by atoms with Crippen LogP contribution in [0.2, 0.25) is 0 Å². The van der Waals surface area contributed by atoms with Crippen LogP contribution >= 0.6 is 0 Å². The molecule has 1 heterocycles. The molecule has 0 N–H and O–H groups in total. The van der Waals surface area contributed by atoms with Crippen molar-refractivity contribution in [3.05, 3.63) is 58.1 Å². The highest BCUT2D eigenvalue weighted by molar-refractivity contribution is 7.90. The van der Waals surface area contributed by atoms with Gasteiger partial charge in [-0.1, -0.05) is 24.3 Å². The Morgan fingerprint density at radius 1 is 1.25 bits per heavy atom. The molecule has 0 aliphatic rings. The standard InChI is InChI=1S/C14H16N2O3S/c1-3-16-9-8-15-13(14(16)17)20(18,19)10-12-7-5-4-6-11(12)2/h4-9H,3,10H2,1-2H3. The molecular formula is C14H16N2O3S. The number of hydrogen-bond acceptors (Lipinski definition) is 4. The quantitative estimate of drug-likeness (QED) is 0.857. The average molecular weight is 292 g/mol. The summed E-state index contributed by atoms with van der Waals surface area (Å²) < 4.78 is 26.1. The summed E-state index contributed by atoms with van der Waals surface area (Å²) in [5.41, 5.74) is 0.993. The summed E-state index contributed by atoms with van der Waals surface area (Å²) in [4.78, 5) is 15.8. The van der Waals surface area contributed by atoms with Crippen molar-refractivity contribution < 1.29 is 8.42 Å². The van der Waals surface area contributed by atoms with Gasteiger partial charge in [0.1, 0.15) is 0 Å². The Balaban J connectivity index is 2.47. The van der Waals surface area contributed by atoms with Crippen molar-refractivity contribution in [3.63, 3.8) is 0 Å². The van der Waals surface area contributed by atoms with Gasteiger partial charge in [-0.05, 0) is 25.0 Å². The van der Waals surface area contributed by atoms with E-state index in [0.717, 1.165) is 5.56 Å². The van der Waals surface area contributed by atoms with Gasteiger partial charge in [0.15, 0.2) is 0 Å². The van der Waals surface area contributed by atoms with Crippen molar-refractivity contribution in [2.24, 2.45) is 0 Å². The van der Waals surface area contributed by atoms with E-state index < -0.39 is 15.4 Å². The molecular weight excluding hydrogens is 276 g/mol. The monoisotopic (exact) mass is 292 g/mol. The summed E-state index contributed by atoms with van der Waals surface area (Å²) in [5, 5.41) is -0.384. The van der Waals surface area contributed by atoms with E-state index in [2.05, 4.69) is 4.98 Å². The third-order valence-corrected chi connectivity index (χ3v) is 4.68. The van der Waals surface area contributed by atoms with E-state index in [4.69, 9.17) is 0 Å². The van der Waals surface area contributed by atoms with E-state index in [1.54, 1.807) is 19.1 Å². The number of aromatic nitrogens is 2. The fourth-order valence-corrected chi connectivity index (χ4v) is 3.41. The Kier molecular flexibility index (Phi) is 4.04. The maximum atomic E-state index is 12.4. The molecule has 0 radical (unpaired) electrons. The van der Waals surface area contributed by atoms with Crippen LogP contribution in [0, 0.1) is 6.92 Å². The van der Waals surface area contributed by atoms with Crippen LogP contribution in [0.1, 0.15) is 18.1 Å². The normalized spacial score (nSPS) is 11.5. The molecule has 5 nitrogen and oxygen atoms in total. The predicted octanol–water partition coefficient (Wildman–Crippen LogP) is 1.55. The van der Waals surface area contributed by atoms with Gasteiger partial charge in [-0.15, -0.1) is 0 Å². The van der Waals surface area contributed by atoms with Gasteiger partial charge in [0, 0.05) is 18.9 Å². The van der Waals surface area contributed by atoms with Crippen LogP contribution in [0.15, 0.2) is 46.5 Å². The highest BCUT2D eigenvalue weighted by atomic mass is 32.2. The maximum Gasteiger partial charge on any atom is 0.288 e. The van der Waals surface area contributed by atoms with Crippen LogP contribution in [-0.4, -0.2) is 18.0 Å². The van der Waals surface area contributed by atoms with Gasteiger partial charge in [-0.25, -0.2) is 13.4 Å². The molecule has 2 aromatic rings. The Hall–Kier alpha value is -1.95. The van der Waals surface area contributed by atoms with E-state index in [1.165, 1.54) is 17.0 Å². The topological polar surface area (TPSA) is 69.0 Å². The molecule has 0 aliphatic carbocycles. The van der Waals surface area contributed by atoms with Crippen molar-refractivity contribution in [2.45, 2.75) is 31.2 Å². The fourth-order valence-electron chi connectivity index (χ4n) is 1.93. The lowest BCUT2D eigenvalue weighted by atomic mass is 10.1. The number of sulfone groups is 1. The summed E-state index contributed by atoms with van der Waals surface area (Å²) in [5.74, 6) is -0.213. The van der Waals surface area contributed by atoms with Crippen LogP contribution in [0.25, 0.3) is 0 Å². The SMILES string of the molecule is CCn1ccnc(S(=O)(=O)Cc2ccccc2C)c1=O. The zero-order chi connectivity index (χ0) is 14.8. The smallest absolute Gasteiger partial charge is 0.288 e. The maximum absolute atomic E-state index is 12.4. The molecule has 0 atom stereocenters. The van der Waals surface area contributed by atoms with Crippen molar-refractivity contribution >= 4 is 9.84 Å². The highest BCUT2D eigenvalue weighted by Crippen LogP contribution is 2.14. The first-order chi connectivity index (χ1) is 9.45. The van der Waals surface area contributed by atoms with Gasteiger partial charge in [0.2, 0.25) is 14.9 Å². The Labute approximate surface area is 117 Å². The van der Waals surface area contributed by atoms with Crippen LogP contribution in [0.3, 0.4) is 0 Å². The average Bonchev–Trinajstić information content (AvgIpc) is 2.41. The molecule has 2 rings (SSSR count). The number of rotatable bonds is 4. The van der Waals surface area contributed by atoms with Gasteiger partial charge in [0.25, 0.3) is 5.56 Å². The largest absolute Gasteiger partial charge is 0.312 e. The van der Waals surface area contributed by atoms with Gasteiger partial charge in [-0.3, -0.25) is 4.79 Å². The van der Waals surface area contributed by atoms with E-state index in [9.17, 15) is 13.2 Å².